The molecule has 1 aliphatic heterocycles. The van der Waals surface area contributed by atoms with E-state index in [1.54, 1.807) is 39.7 Å². The average molecular weight is 545 g/mol. The molecule has 0 radical (unpaired) electrons. The smallest absolute Gasteiger partial charge is 0.257 e. The van der Waals surface area contributed by atoms with Crippen molar-refractivity contribution >= 4 is 5.91 Å². The molecule has 3 heterocycles. The van der Waals surface area contributed by atoms with Gasteiger partial charge in [0.15, 0.2) is 6.29 Å². The molecule has 2 aliphatic rings. The molecule has 4 atom stereocenters. The molecule has 4 aromatic rings. The van der Waals surface area contributed by atoms with E-state index in [0.717, 1.165) is 31.4 Å². The van der Waals surface area contributed by atoms with Gasteiger partial charge in [0.05, 0.1) is 28.8 Å². The van der Waals surface area contributed by atoms with Crippen LogP contribution in [0.15, 0.2) is 54.9 Å². The highest BCUT2D eigenvalue weighted by atomic mass is 19.1. The van der Waals surface area contributed by atoms with Crippen LogP contribution in [0, 0.1) is 5.82 Å². The molecule has 2 fully saturated rings. The second kappa shape index (κ2) is 10.3. The standard InChI is InChI=1S/C30H33FN6O3/c1-17-7-4-8-18(2)36(17)29(38)22-12-6-11-21(27(22)31)19-9-5-10-20(13-19)37-28(25(15-32-37)30(39)40)24-14-23(24)26-16-35(3)34-33-26/h5-6,9-13,15-18,23-24,30,39-40H,4,7-8,14H2,1-3H3/t17-,18+,23-,24-/m1/s1. The predicted molar refractivity (Wildman–Crippen MR) is 146 cm³/mol. The van der Waals surface area contributed by atoms with Crippen LogP contribution >= 0.6 is 0 Å². The number of piperidine rings is 1. The molecule has 9 nitrogen and oxygen atoms in total. The number of rotatable bonds is 6. The summed E-state index contributed by atoms with van der Waals surface area (Å²) in [5.74, 6) is -0.767. The van der Waals surface area contributed by atoms with Crippen LogP contribution in [-0.4, -0.2) is 57.9 Å². The number of benzene rings is 2. The first-order chi connectivity index (χ1) is 19.2. The van der Waals surface area contributed by atoms with E-state index in [-0.39, 0.29) is 35.4 Å². The molecule has 2 N–H and O–H groups in total. The van der Waals surface area contributed by atoms with E-state index < -0.39 is 12.1 Å². The van der Waals surface area contributed by atoms with Crippen LogP contribution in [0.3, 0.4) is 0 Å². The van der Waals surface area contributed by atoms with Gasteiger partial charge >= 0.3 is 0 Å². The van der Waals surface area contributed by atoms with Gasteiger partial charge in [-0.1, -0.05) is 29.5 Å². The van der Waals surface area contributed by atoms with Crippen LogP contribution in [0.25, 0.3) is 16.8 Å². The number of hydrogen-bond acceptors (Lipinski definition) is 6. The van der Waals surface area contributed by atoms with E-state index in [9.17, 15) is 15.0 Å². The minimum atomic E-state index is -1.69. The first kappa shape index (κ1) is 26.3. The third-order valence-electron chi connectivity index (χ3n) is 8.32. The van der Waals surface area contributed by atoms with Crippen LogP contribution < -0.4 is 0 Å². The van der Waals surface area contributed by atoms with E-state index >= 15 is 4.39 Å². The Kier molecular flexibility index (Phi) is 6.75. The summed E-state index contributed by atoms with van der Waals surface area (Å²) < 4.78 is 19.3. The molecular weight excluding hydrogens is 511 g/mol. The Morgan fingerprint density at radius 3 is 2.52 bits per heavy atom. The molecule has 10 heteroatoms. The summed E-state index contributed by atoms with van der Waals surface area (Å²) in [5, 5.41) is 32.9. The monoisotopic (exact) mass is 544 g/mol. The molecule has 0 unspecified atom stereocenters. The highest BCUT2D eigenvalue weighted by molar-refractivity contribution is 5.96. The zero-order valence-corrected chi connectivity index (χ0v) is 22.8. The fourth-order valence-corrected chi connectivity index (χ4v) is 6.19. The molecule has 40 heavy (non-hydrogen) atoms. The zero-order chi connectivity index (χ0) is 28.1. The first-order valence-electron chi connectivity index (χ1n) is 13.8. The van der Waals surface area contributed by atoms with Crippen LogP contribution in [0.4, 0.5) is 4.39 Å². The summed E-state index contributed by atoms with van der Waals surface area (Å²) in [6.07, 6.45) is 5.30. The van der Waals surface area contributed by atoms with Crippen LogP contribution in [0.5, 0.6) is 0 Å². The third kappa shape index (κ3) is 4.61. The molecule has 208 valence electrons. The van der Waals surface area contributed by atoms with Crippen molar-refractivity contribution in [1.29, 1.82) is 0 Å². The SMILES string of the molecule is C[C@@H]1CCC[C@H](C)N1C(=O)c1cccc(-c2cccc(-n3ncc(C(O)O)c3[C@@H]3C[C@H]3c3cn(C)nn3)c2)c1F. The van der Waals surface area contributed by atoms with Gasteiger partial charge < -0.3 is 15.1 Å². The van der Waals surface area contributed by atoms with Crippen LogP contribution in [0.2, 0.25) is 0 Å². The summed E-state index contributed by atoms with van der Waals surface area (Å²) in [6, 6.07) is 12.3. The number of aliphatic hydroxyl groups excluding tert-OH is 1. The number of likely N-dealkylation sites (tertiary alicyclic amines) is 1. The van der Waals surface area contributed by atoms with Crippen molar-refractivity contribution in [1.82, 2.24) is 29.7 Å². The van der Waals surface area contributed by atoms with E-state index in [4.69, 9.17) is 0 Å². The van der Waals surface area contributed by atoms with Gasteiger partial charge in [0.1, 0.15) is 5.82 Å². The largest absolute Gasteiger partial charge is 0.364 e. The maximum Gasteiger partial charge on any atom is 0.257 e. The molecule has 1 saturated heterocycles. The topological polar surface area (TPSA) is 109 Å². The van der Waals surface area contributed by atoms with E-state index in [2.05, 4.69) is 15.4 Å². The van der Waals surface area contributed by atoms with E-state index in [1.807, 2.05) is 44.1 Å². The van der Waals surface area contributed by atoms with Gasteiger partial charge in [-0.25, -0.2) is 9.07 Å². The Labute approximate surface area is 231 Å². The lowest BCUT2D eigenvalue weighted by molar-refractivity contribution is -0.0431. The van der Waals surface area contributed by atoms with Crippen LogP contribution in [-0.2, 0) is 7.05 Å². The summed E-state index contributed by atoms with van der Waals surface area (Å²) in [4.78, 5) is 15.3. The molecular formula is C30H33FN6O3. The molecule has 1 amide bonds. The lowest BCUT2D eigenvalue weighted by Gasteiger charge is -2.39. The number of aryl methyl sites for hydroxylation is 1. The fraction of sp³-hybridized carbons (Fsp3) is 0.400. The van der Waals surface area contributed by atoms with Crippen molar-refractivity contribution < 1.29 is 19.4 Å². The average Bonchev–Trinajstić information content (AvgIpc) is 3.37. The highest BCUT2D eigenvalue weighted by Crippen LogP contribution is 2.55. The highest BCUT2D eigenvalue weighted by Gasteiger charge is 2.45. The maximum absolute atomic E-state index is 16.0. The second-order valence-electron chi connectivity index (χ2n) is 11.1. The van der Waals surface area contributed by atoms with Gasteiger partial charge in [0.2, 0.25) is 0 Å². The van der Waals surface area contributed by atoms with Crippen molar-refractivity contribution in [2.24, 2.45) is 7.05 Å². The van der Waals surface area contributed by atoms with Gasteiger partial charge in [-0.3, -0.25) is 9.48 Å². The van der Waals surface area contributed by atoms with Crippen molar-refractivity contribution in [2.45, 2.75) is 69.7 Å². The van der Waals surface area contributed by atoms with Crippen molar-refractivity contribution in [3.8, 4) is 16.8 Å². The zero-order valence-electron chi connectivity index (χ0n) is 22.8. The lowest BCUT2D eigenvalue weighted by atomic mass is 9.95. The number of carbonyl (C=O) groups excluding carboxylic acids is 1. The molecule has 0 spiro atoms. The Hall–Kier alpha value is -3.89. The minimum absolute atomic E-state index is 0.0223. The Balaban J connectivity index is 1.35. The molecule has 6 rings (SSSR count). The van der Waals surface area contributed by atoms with Crippen LogP contribution in [0.1, 0.15) is 85.0 Å². The van der Waals surface area contributed by atoms with E-state index in [1.165, 1.54) is 6.20 Å². The Morgan fingerprint density at radius 2 is 1.82 bits per heavy atom. The maximum atomic E-state index is 16.0. The first-order valence-corrected chi connectivity index (χ1v) is 13.8. The molecule has 2 aromatic heterocycles. The second-order valence-corrected chi connectivity index (χ2v) is 11.1. The third-order valence-corrected chi connectivity index (χ3v) is 8.32. The Bertz CT molecular complexity index is 1550. The number of aliphatic hydroxyl groups is 2. The number of hydrogen-bond donors (Lipinski definition) is 2. The number of aromatic nitrogens is 5. The predicted octanol–water partition coefficient (Wildman–Crippen LogP) is 4.46. The van der Waals surface area contributed by atoms with Gasteiger partial charge in [-0.2, -0.15) is 5.10 Å². The molecule has 1 saturated carbocycles. The molecule has 2 aromatic carbocycles. The lowest BCUT2D eigenvalue weighted by Crippen LogP contribution is -2.47. The van der Waals surface area contributed by atoms with Crippen molar-refractivity contribution in [3.63, 3.8) is 0 Å². The van der Waals surface area contributed by atoms with Crippen molar-refractivity contribution in [2.75, 3.05) is 0 Å². The van der Waals surface area contributed by atoms with Gasteiger partial charge in [0.25, 0.3) is 5.91 Å². The number of amides is 1. The number of carbonyl (C=O) groups is 1. The Morgan fingerprint density at radius 1 is 1.07 bits per heavy atom. The van der Waals surface area contributed by atoms with E-state index in [0.29, 0.717) is 28.1 Å². The molecule has 0 bridgehead atoms. The quantitative estimate of drug-likeness (QED) is 0.347. The summed E-state index contributed by atoms with van der Waals surface area (Å²) in [6.45, 7) is 4.04. The minimum Gasteiger partial charge on any atom is -0.364 e. The number of nitrogens with zero attached hydrogens (tertiary/aromatic N) is 6. The molecule has 1 aliphatic carbocycles. The van der Waals surface area contributed by atoms with Gasteiger partial charge in [-0.15, -0.1) is 5.10 Å². The van der Waals surface area contributed by atoms with Gasteiger partial charge in [-0.05, 0) is 63.3 Å². The summed E-state index contributed by atoms with van der Waals surface area (Å²) in [5.41, 5.74) is 3.49. The fourth-order valence-electron chi connectivity index (χ4n) is 6.19. The summed E-state index contributed by atoms with van der Waals surface area (Å²) in [7, 11) is 1.81. The number of halogens is 1. The van der Waals surface area contributed by atoms with Crippen molar-refractivity contribution in [3.05, 3.63) is 83.2 Å². The normalized spacial score (nSPS) is 22.6. The van der Waals surface area contributed by atoms with Gasteiger partial charge in [0, 0.05) is 48.3 Å². The summed E-state index contributed by atoms with van der Waals surface area (Å²) >= 11 is 0.